The fourth-order valence-corrected chi connectivity index (χ4v) is 3.42. The largest absolute Gasteiger partial charge is 0.452 e. The van der Waals surface area contributed by atoms with E-state index in [2.05, 4.69) is 5.32 Å². The van der Waals surface area contributed by atoms with Crippen molar-refractivity contribution < 1.29 is 14.3 Å². The third-order valence-electron chi connectivity index (χ3n) is 3.75. The van der Waals surface area contributed by atoms with Gasteiger partial charge in [0, 0.05) is 16.5 Å². The number of ether oxygens (including phenoxy) is 1. The van der Waals surface area contributed by atoms with Crippen LogP contribution in [0.2, 0.25) is 5.02 Å². The van der Waals surface area contributed by atoms with E-state index < -0.39 is 12.1 Å². The lowest BCUT2D eigenvalue weighted by Crippen LogP contribution is -2.30. The summed E-state index contributed by atoms with van der Waals surface area (Å²) in [5, 5.41) is 3.47. The van der Waals surface area contributed by atoms with Gasteiger partial charge in [0.15, 0.2) is 6.10 Å². The third kappa shape index (κ3) is 6.07. The first-order valence-electron chi connectivity index (χ1n) is 8.25. The summed E-state index contributed by atoms with van der Waals surface area (Å²) in [6.45, 7) is 5.48. The zero-order valence-corrected chi connectivity index (χ0v) is 16.6. The van der Waals surface area contributed by atoms with Crippen molar-refractivity contribution in [2.75, 3.05) is 11.1 Å². The minimum Gasteiger partial charge on any atom is -0.452 e. The molecule has 6 heteroatoms. The Hall–Kier alpha value is -1.98. The SMILES string of the molecule is Cc1ccc(NC(=O)[C@@H](C)OC(=O)CSCc2ccccc2Cl)c(C)c1. The van der Waals surface area contributed by atoms with E-state index in [-0.39, 0.29) is 11.7 Å². The van der Waals surface area contributed by atoms with E-state index in [4.69, 9.17) is 16.3 Å². The molecule has 0 unspecified atom stereocenters. The van der Waals surface area contributed by atoms with Gasteiger partial charge >= 0.3 is 5.97 Å². The molecule has 0 spiro atoms. The summed E-state index contributed by atoms with van der Waals surface area (Å²) in [5.74, 6) is -0.00337. The van der Waals surface area contributed by atoms with Crippen LogP contribution in [0.1, 0.15) is 23.6 Å². The van der Waals surface area contributed by atoms with Gasteiger partial charge in [0.2, 0.25) is 0 Å². The summed E-state index contributed by atoms with van der Waals surface area (Å²) in [7, 11) is 0. The minimum absolute atomic E-state index is 0.159. The summed E-state index contributed by atoms with van der Waals surface area (Å²) in [5.41, 5.74) is 3.77. The number of thioether (sulfide) groups is 1. The molecule has 1 amide bonds. The van der Waals surface area contributed by atoms with Crippen LogP contribution in [0.3, 0.4) is 0 Å². The van der Waals surface area contributed by atoms with Crippen LogP contribution in [0.4, 0.5) is 5.69 Å². The molecule has 2 rings (SSSR count). The summed E-state index contributed by atoms with van der Waals surface area (Å²) in [4.78, 5) is 24.2. The quantitative estimate of drug-likeness (QED) is 0.691. The zero-order chi connectivity index (χ0) is 19.1. The number of benzene rings is 2. The average molecular weight is 392 g/mol. The van der Waals surface area contributed by atoms with Crippen molar-refractivity contribution >= 4 is 40.9 Å². The molecule has 138 valence electrons. The van der Waals surface area contributed by atoms with Crippen molar-refractivity contribution in [1.29, 1.82) is 0 Å². The predicted molar refractivity (Wildman–Crippen MR) is 108 cm³/mol. The molecule has 0 fully saturated rings. The van der Waals surface area contributed by atoms with Crippen LogP contribution in [0.15, 0.2) is 42.5 Å². The van der Waals surface area contributed by atoms with E-state index in [0.717, 1.165) is 22.4 Å². The predicted octanol–water partition coefficient (Wildman–Crippen LogP) is 4.76. The van der Waals surface area contributed by atoms with Gasteiger partial charge in [-0.1, -0.05) is 47.5 Å². The van der Waals surface area contributed by atoms with E-state index in [0.29, 0.717) is 10.8 Å². The number of esters is 1. The van der Waals surface area contributed by atoms with Gasteiger partial charge in [-0.05, 0) is 44.0 Å². The molecule has 0 heterocycles. The molecule has 0 radical (unpaired) electrons. The highest BCUT2D eigenvalue weighted by atomic mass is 35.5. The average Bonchev–Trinajstić information content (AvgIpc) is 2.59. The van der Waals surface area contributed by atoms with E-state index >= 15 is 0 Å². The van der Waals surface area contributed by atoms with Crippen LogP contribution in [0.5, 0.6) is 0 Å². The van der Waals surface area contributed by atoms with Crippen LogP contribution >= 0.6 is 23.4 Å². The van der Waals surface area contributed by atoms with Crippen molar-refractivity contribution in [1.82, 2.24) is 0 Å². The molecular formula is C20H22ClNO3S. The number of carbonyl (C=O) groups excluding carboxylic acids is 2. The van der Waals surface area contributed by atoms with Gasteiger partial charge in [0.05, 0.1) is 5.75 Å². The van der Waals surface area contributed by atoms with Gasteiger partial charge in [-0.25, -0.2) is 0 Å². The number of carbonyl (C=O) groups is 2. The van der Waals surface area contributed by atoms with Gasteiger partial charge in [-0.2, -0.15) is 0 Å². The van der Waals surface area contributed by atoms with Crippen LogP contribution in [-0.4, -0.2) is 23.7 Å². The van der Waals surface area contributed by atoms with E-state index in [1.807, 2.05) is 56.3 Å². The molecule has 2 aromatic carbocycles. The first kappa shape index (κ1) is 20.3. The smallest absolute Gasteiger partial charge is 0.316 e. The molecule has 0 aliphatic heterocycles. The Morgan fingerprint density at radius 3 is 2.62 bits per heavy atom. The van der Waals surface area contributed by atoms with Crippen LogP contribution in [-0.2, 0) is 20.1 Å². The zero-order valence-electron chi connectivity index (χ0n) is 15.0. The lowest BCUT2D eigenvalue weighted by atomic mass is 10.1. The number of hydrogen-bond donors (Lipinski definition) is 1. The maximum absolute atomic E-state index is 12.2. The van der Waals surface area contributed by atoms with Crippen LogP contribution in [0, 0.1) is 13.8 Å². The highest BCUT2D eigenvalue weighted by Gasteiger charge is 2.18. The summed E-state index contributed by atoms with van der Waals surface area (Å²) in [6.07, 6.45) is -0.857. The molecule has 0 bridgehead atoms. The van der Waals surface area contributed by atoms with Crippen LogP contribution < -0.4 is 5.32 Å². The molecule has 1 atom stereocenters. The second-order valence-electron chi connectivity index (χ2n) is 6.02. The minimum atomic E-state index is -0.857. The highest BCUT2D eigenvalue weighted by Crippen LogP contribution is 2.21. The molecule has 1 N–H and O–H groups in total. The van der Waals surface area contributed by atoms with Gasteiger partial charge in [-0.3, -0.25) is 9.59 Å². The Labute approximate surface area is 163 Å². The Morgan fingerprint density at radius 1 is 1.19 bits per heavy atom. The molecule has 0 aromatic heterocycles. The van der Waals surface area contributed by atoms with Crippen molar-refractivity contribution in [3.8, 4) is 0 Å². The number of aryl methyl sites for hydroxylation is 2. The van der Waals surface area contributed by atoms with Crippen molar-refractivity contribution in [2.45, 2.75) is 32.6 Å². The van der Waals surface area contributed by atoms with Gasteiger partial charge in [-0.15, -0.1) is 11.8 Å². The lowest BCUT2D eigenvalue weighted by molar-refractivity contribution is -0.150. The fourth-order valence-electron chi connectivity index (χ4n) is 2.33. The van der Waals surface area contributed by atoms with Crippen molar-refractivity contribution in [3.63, 3.8) is 0 Å². The first-order chi connectivity index (χ1) is 12.4. The normalized spacial score (nSPS) is 11.7. The molecular weight excluding hydrogens is 370 g/mol. The fraction of sp³-hybridized carbons (Fsp3) is 0.300. The number of amides is 1. The van der Waals surface area contributed by atoms with E-state index in [9.17, 15) is 9.59 Å². The topological polar surface area (TPSA) is 55.4 Å². The number of rotatable bonds is 7. The molecule has 0 saturated heterocycles. The number of hydrogen-bond acceptors (Lipinski definition) is 4. The Kier molecular flexibility index (Phi) is 7.54. The monoisotopic (exact) mass is 391 g/mol. The van der Waals surface area contributed by atoms with Crippen molar-refractivity contribution in [2.24, 2.45) is 0 Å². The number of nitrogens with one attached hydrogen (secondary N) is 1. The standard InChI is InChI=1S/C20H22ClNO3S/c1-13-8-9-18(14(2)10-13)22-20(24)15(3)25-19(23)12-26-11-16-6-4-5-7-17(16)21/h4-10,15H,11-12H2,1-3H3,(H,22,24)/t15-/m1/s1. The molecule has 4 nitrogen and oxygen atoms in total. The molecule has 0 aliphatic carbocycles. The summed E-state index contributed by atoms with van der Waals surface area (Å²) < 4.78 is 5.21. The van der Waals surface area contributed by atoms with E-state index in [1.54, 1.807) is 6.92 Å². The molecule has 26 heavy (non-hydrogen) atoms. The van der Waals surface area contributed by atoms with Crippen LogP contribution in [0.25, 0.3) is 0 Å². The van der Waals surface area contributed by atoms with Gasteiger partial charge in [0.1, 0.15) is 0 Å². The molecule has 2 aromatic rings. The second-order valence-corrected chi connectivity index (χ2v) is 7.42. The maximum atomic E-state index is 12.2. The second kappa shape index (κ2) is 9.64. The lowest BCUT2D eigenvalue weighted by Gasteiger charge is -2.15. The Bertz CT molecular complexity index is 794. The molecule has 0 aliphatic rings. The van der Waals surface area contributed by atoms with Crippen molar-refractivity contribution in [3.05, 3.63) is 64.2 Å². The highest BCUT2D eigenvalue weighted by molar-refractivity contribution is 7.99. The van der Waals surface area contributed by atoms with Gasteiger partial charge < -0.3 is 10.1 Å². The number of halogens is 1. The number of anilines is 1. The maximum Gasteiger partial charge on any atom is 0.316 e. The Morgan fingerprint density at radius 2 is 1.92 bits per heavy atom. The molecule has 0 saturated carbocycles. The van der Waals surface area contributed by atoms with E-state index in [1.165, 1.54) is 11.8 Å². The summed E-state index contributed by atoms with van der Waals surface area (Å²) in [6, 6.07) is 13.2. The third-order valence-corrected chi connectivity index (χ3v) is 5.08. The summed E-state index contributed by atoms with van der Waals surface area (Å²) >= 11 is 7.48. The first-order valence-corrected chi connectivity index (χ1v) is 9.79. The Balaban J connectivity index is 1.78. The van der Waals surface area contributed by atoms with Gasteiger partial charge in [0.25, 0.3) is 5.91 Å².